The van der Waals surface area contributed by atoms with Gasteiger partial charge in [0.2, 0.25) is 0 Å². The summed E-state index contributed by atoms with van der Waals surface area (Å²) in [5.74, 6) is -5.06. The second-order valence-electron chi connectivity index (χ2n) is 20.0. The van der Waals surface area contributed by atoms with Crippen LogP contribution in [0, 0.1) is 17.8 Å². The Labute approximate surface area is 411 Å². The molecule has 0 radical (unpaired) electrons. The SMILES string of the molecule is O=C(O)CC(=O)OC[C@H]1O[C@@H](OC2CC3C(O)CC(O[C@@H]4O[C@H](COC(=O)C=CC5CCC(O)C(O)C5)[C@@H](O)[C@H](O)[C@H]4O)CC3OC2C2CCC(O)C(O[C@@H]3O[C@H](CO)[C@@H](O)[C@H](O)[C@H]3O)C2)[C@H](O)[C@@H](O)[C@@H]1O. The average Bonchev–Trinajstić information content (AvgIpc) is 3.34. The lowest BCUT2D eigenvalue weighted by molar-refractivity contribution is -0.341. The first-order valence-electron chi connectivity index (χ1n) is 24.4. The van der Waals surface area contributed by atoms with Crippen LogP contribution in [0.25, 0.3) is 0 Å². The summed E-state index contributed by atoms with van der Waals surface area (Å²) in [4.78, 5) is 35.6. The van der Waals surface area contributed by atoms with Crippen molar-refractivity contribution in [3.8, 4) is 0 Å². The molecule has 0 aromatic rings. The quantitative estimate of drug-likeness (QED) is 0.0388. The summed E-state index contributed by atoms with van der Waals surface area (Å²) in [7, 11) is 0. The van der Waals surface area contributed by atoms with E-state index in [9.17, 15) is 85.9 Å². The van der Waals surface area contributed by atoms with E-state index in [-0.39, 0.29) is 50.9 Å². The summed E-state index contributed by atoms with van der Waals surface area (Å²) in [5, 5.41) is 158. The van der Waals surface area contributed by atoms with Crippen LogP contribution in [-0.2, 0) is 57.0 Å². The fraction of sp³-hybridized carbons (Fsp3) is 0.889. The zero-order valence-electron chi connectivity index (χ0n) is 39.0. The lowest BCUT2D eigenvalue weighted by Crippen LogP contribution is -2.63. The molecule has 4 heterocycles. The Morgan fingerprint density at radius 2 is 1.07 bits per heavy atom. The molecule has 27 heteroatoms. The van der Waals surface area contributed by atoms with Crippen LogP contribution in [0.3, 0.4) is 0 Å². The maximum absolute atomic E-state index is 12.6. The van der Waals surface area contributed by atoms with Crippen LogP contribution in [0.1, 0.15) is 64.2 Å². The van der Waals surface area contributed by atoms with Gasteiger partial charge in [0, 0.05) is 24.8 Å². The van der Waals surface area contributed by atoms with E-state index in [1.165, 1.54) is 6.08 Å². The van der Waals surface area contributed by atoms with Gasteiger partial charge in [-0.2, -0.15) is 0 Å². The van der Waals surface area contributed by atoms with Gasteiger partial charge in [-0.15, -0.1) is 0 Å². The summed E-state index contributed by atoms with van der Waals surface area (Å²) in [5.41, 5.74) is 0. The summed E-state index contributed by atoms with van der Waals surface area (Å²) in [6.07, 6.45) is -31.9. The van der Waals surface area contributed by atoms with E-state index in [1.54, 1.807) is 0 Å². The Morgan fingerprint density at radius 3 is 1.67 bits per heavy atom. The maximum Gasteiger partial charge on any atom is 0.330 e. The zero-order valence-corrected chi connectivity index (χ0v) is 39.0. The molecule has 0 aromatic carbocycles. The molecular weight excluding hydrogens is 972 g/mol. The Kier molecular flexibility index (Phi) is 19.8. The third kappa shape index (κ3) is 13.5. The van der Waals surface area contributed by atoms with Gasteiger partial charge in [0.05, 0.1) is 61.5 Å². The van der Waals surface area contributed by atoms with E-state index in [1.807, 2.05) is 0 Å². The number of fused-ring (bicyclic) bond motifs is 1. The summed E-state index contributed by atoms with van der Waals surface area (Å²) in [6, 6.07) is 0. The molecule has 12 unspecified atom stereocenters. The maximum atomic E-state index is 12.6. The number of esters is 2. The highest BCUT2D eigenvalue weighted by Crippen LogP contribution is 2.45. The topological polar surface area (TPSA) is 438 Å². The Bertz CT molecular complexity index is 1810. The van der Waals surface area contributed by atoms with Crippen molar-refractivity contribution in [2.45, 2.75) is 211 Å². The molecule has 4 aliphatic heterocycles. The van der Waals surface area contributed by atoms with E-state index < -0.39 is 203 Å². The molecule has 15 N–H and O–H groups in total. The second kappa shape index (κ2) is 25.0. The minimum absolute atomic E-state index is 0.0188. The molecule has 7 fully saturated rings. The van der Waals surface area contributed by atoms with E-state index in [0.29, 0.717) is 12.8 Å². The Balaban J connectivity index is 1.05. The van der Waals surface area contributed by atoms with Gasteiger partial charge in [0.25, 0.3) is 0 Å². The molecule has 3 saturated carbocycles. The summed E-state index contributed by atoms with van der Waals surface area (Å²) < 4.78 is 52.5. The molecule has 412 valence electrons. The number of carboxylic acid groups (broad SMARTS) is 1. The van der Waals surface area contributed by atoms with E-state index in [0.717, 1.165) is 6.08 Å². The first-order valence-corrected chi connectivity index (χ1v) is 24.4. The van der Waals surface area contributed by atoms with Crippen LogP contribution in [0.2, 0.25) is 0 Å². The fourth-order valence-corrected chi connectivity index (χ4v) is 10.8. The molecule has 3 aliphatic carbocycles. The molecule has 7 rings (SSSR count). The van der Waals surface area contributed by atoms with Gasteiger partial charge in [0.15, 0.2) is 18.9 Å². The molecule has 72 heavy (non-hydrogen) atoms. The predicted molar refractivity (Wildman–Crippen MR) is 230 cm³/mol. The van der Waals surface area contributed by atoms with Crippen LogP contribution in [0.15, 0.2) is 12.2 Å². The highest BCUT2D eigenvalue weighted by Gasteiger charge is 2.55. The van der Waals surface area contributed by atoms with Crippen LogP contribution in [0.5, 0.6) is 0 Å². The average molecular weight is 1040 g/mol. The molecule has 0 bridgehead atoms. The van der Waals surface area contributed by atoms with Crippen molar-refractivity contribution in [3.63, 3.8) is 0 Å². The summed E-state index contributed by atoms with van der Waals surface area (Å²) >= 11 is 0. The highest BCUT2D eigenvalue weighted by atomic mass is 16.7. The van der Waals surface area contributed by atoms with Gasteiger partial charge in [-0.3, -0.25) is 9.59 Å². The van der Waals surface area contributed by atoms with E-state index >= 15 is 0 Å². The van der Waals surface area contributed by atoms with Crippen LogP contribution < -0.4 is 0 Å². The first-order chi connectivity index (χ1) is 34.1. The molecule has 7 aliphatic rings. The van der Waals surface area contributed by atoms with Crippen LogP contribution >= 0.6 is 0 Å². The highest BCUT2D eigenvalue weighted by molar-refractivity contribution is 5.90. The molecule has 0 amide bonds. The second-order valence-corrected chi connectivity index (χ2v) is 20.0. The molecular formula is C45H70O27. The van der Waals surface area contributed by atoms with Gasteiger partial charge in [-0.25, -0.2) is 4.79 Å². The minimum Gasteiger partial charge on any atom is -0.481 e. The van der Waals surface area contributed by atoms with Crippen molar-refractivity contribution in [3.05, 3.63) is 12.2 Å². The van der Waals surface area contributed by atoms with E-state index in [2.05, 4.69) is 0 Å². The van der Waals surface area contributed by atoms with Crippen molar-refractivity contribution in [1.82, 2.24) is 0 Å². The van der Waals surface area contributed by atoms with Crippen molar-refractivity contribution < 1.29 is 134 Å². The largest absolute Gasteiger partial charge is 0.481 e. The van der Waals surface area contributed by atoms with Gasteiger partial charge >= 0.3 is 17.9 Å². The van der Waals surface area contributed by atoms with Crippen LogP contribution in [0.4, 0.5) is 0 Å². The van der Waals surface area contributed by atoms with Crippen molar-refractivity contribution >= 4 is 17.9 Å². The number of allylic oxidation sites excluding steroid dienone is 1. The van der Waals surface area contributed by atoms with Gasteiger partial charge in [0.1, 0.15) is 92.9 Å². The lowest BCUT2D eigenvalue weighted by Gasteiger charge is -2.52. The molecule has 0 aromatic heterocycles. The van der Waals surface area contributed by atoms with Gasteiger partial charge in [-0.05, 0) is 56.8 Å². The number of aliphatic carboxylic acids is 1. The Morgan fingerprint density at radius 1 is 0.514 bits per heavy atom. The molecule has 27 atom stereocenters. The minimum atomic E-state index is -1.93. The zero-order chi connectivity index (χ0) is 52.3. The molecule has 0 spiro atoms. The predicted octanol–water partition coefficient (Wildman–Crippen LogP) is -6.71. The number of carbonyl (C=O) groups excluding carboxylic acids is 2. The third-order valence-corrected chi connectivity index (χ3v) is 15.0. The lowest BCUT2D eigenvalue weighted by atomic mass is 9.72. The Hall–Kier alpha value is -2.69. The van der Waals surface area contributed by atoms with Crippen molar-refractivity contribution in [1.29, 1.82) is 0 Å². The molecule has 4 saturated heterocycles. The number of aliphatic hydroxyl groups is 14. The van der Waals surface area contributed by atoms with E-state index in [4.69, 9.17) is 47.7 Å². The number of hydrogen-bond acceptors (Lipinski definition) is 26. The number of rotatable bonds is 16. The third-order valence-electron chi connectivity index (χ3n) is 15.0. The monoisotopic (exact) mass is 1040 g/mol. The fourth-order valence-electron chi connectivity index (χ4n) is 10.8. The number of carboxylic acids is 1. The standard InChI is InChI=1S/C45H70O27/c46-13-27-33(55)36(58)40(62)44(70-27)68-25-8-17(3-5-21(25)48)42-26(69-45-41(63)38(60)35(57)29(72-45)15-65-32(54)12-30(51)52)11-19-22(49)9-18(10-24(19)67-42)66-43-39(61)37(59)34(56)28(71-43)14-64-31(53)6-2-16-1-4-20(47)23(50)7-16/h2,6,16-29,33-50,55-63H,1,3-5,7-15H2,(H,51,52)/t16?,17?,18?,19?,20?,21?,22?,23?,24?,25?,26?,27-,28-,29-,33-,34-,35-,36+,37+,38+,39-,40-,41-,42?,43-,44-,45-/m1/s1. The number of ether oxygens (including phenoxy) is 9. The summed E-state index contributed by atoms with van der Waals surface area (Å²) in [6.45, 7) is -2.07. The van der Waals surface area contributed by atoms with Crippen molar-refractivity contribution in [2.75, 3.05) is 19.8 Å². The smallest absolute Gasteiger partial charge is 0.330 e. The number of aliphatic hydroxyl groups excluding tert-OH is 14. The molecule has 27 nitrogen and oxygen atoms in total. The van der Waals surface area contributed by atoms with Crippen molar-refractivity contribution in [2.24, 2.45) is 17.8 Å². The first kappa shape index (κ1) is 57.0. The van der Waals surface area contributed by atoms with Crippen LogP contribution in [-0.4, -0.2) is 261 Å². The van der Waals surface area contributed by atoms with Gasteiger partial charge in [-0.1, -0.05) is 6.08 Å². The number of carbonyl (C=O) groups is 3. The number of hydrogen-bond donors (Lipinski definition) is 15. The van der Waals surface area contributed by atoms with Gasteiger partial charge < -0.3 is 119 Å². The normalized spacial score (nSPS) is 48.1.